The van der Waals surface area contributed by atoms with Gasteiger partial charge in [0.2, 0.25) is 0 Å². The molecule has 0 nitrogen and oxygen atoms in total. The van der Waals surface area contributed by atoms with Crippen LogP contribution in [0.15, 0.2) is 66.7 Å². The van der Waals surface area contributed by atoms with Gasteiger partial charge in [-0.3, -0.25) is 0 Å². The van der Waals surface area contributed by atoms with Crippen molar-refractivity contribution in [1.29, 1.82) is 0 Å². The molecule has 0 aliphatic carbocycles. The van der Waals surface area contributed by atoms with Crippen molar-refractivity contribution >= 4 is 0 Å². The van der Waals surface area contributed by atoms with Gasteiger partial charge in [0, 0.05) is 22.3 Å². The summed E-state index contributed by atoms with van der Waals surface area (Å²) in [6.45, 7) is 4.38. The average Bonchev–Trinajstić information content (AvgIpc) is 2.92. The van der Waals surface area contributed by atoms with Crippen molar-refractivity contribution in [2.45, 2.75) is 84.2 Å². The quantitative estimate of drug-likeness (QED) is 0.187. The lowest BCUT2D eigenvalue weighted by atomic mass is 10.0. The molecule has 3 rings (SSSR count). The van der Waals surface area contributed by atoms with E-state index in [2.05, 4.69) is 49.7 Å². The number of hydrogen-bond acceptors (Lipinski definition) is 0. The molecular formula is C35H37F3. The monoisotopic (exact) mass is 514 g/mol. The number of benzene rings is 3. The molecule has 0 heterocycles. The minimum absolute atomic E-state index is 0.0425. The second kappa shape index (κ2) is 15.1. The highest BCUT2D eigenvalue weighted by Gasteiger charge is 2.33. The van der Waals surface area contributed by atoms with Crippen LogP contribution in [0.3, 0.4) is 0 Å². The fourth-order valence-electron chi connectivity index (χ4n) is 4.27. The van der Waals surface area contributed by atoms with Gasteiger partial charge < -0.3 is 0 Å². The van der Waals surface area contributed by atoms with E-state index in [4.69, 9.17) is 0 Å². The standard InChI is InChI=1S/C35H37F3/c1-3-5-7-9-11-28-13-17-30(18-14-28)21-22-32-24-26-33(34(27-32)35(36,37)38)25-23-31-19-15-29(16-20-31)12-10-8-6-4-2/h13-20,24,26-27H,3-12H2,1-2H3. The summed E-state index contributed by atoms with van der Waals surface area (Å²) in [6.07, 6.45) is 7.19. The van der Waals surface area contributed by atoms with Gasteiger partial charge in [0.05, 0.1) is 5.56 Å². The van der Waals surface area contributed by atoms with Crippen LogP contribution in [0.25, 0.3) is 0 Å². The molecule has 0 atom stereocenters. The van der Waals surface area contributed by atoms with Crippen LogP contribution >= 0.6 is 0 Å². The van der Waals surface area contributed by atoms with E-state index < -0.39 is 11.7 Å². The van der Waals surface area contributed by atoms with Crippen LogP contribution in [0.4, 0.5) is 13.2 Å². The van der Waals surface area contributed by atoms with Gasteiger partial charge in [-0.1, -0.05) is 100 Å². The highest BCUT2D eigenvalue weighted by molar-refractivity contribution is 5.53. The molecule has 0 unspecified atom stereocenters. The zero-order valence-corrected chi connectivity index (χ0v) is 22.6. The second-order valence-corrected chi connectivity index (χ2v) is 9.77. The first-order valence-corrected chi connectivity index (χ1v) is 13.8. The molecule has 198 valence electrons. The van der Waals surface area contributed by atoms with Crippen LogP contribution in [-0.4, -0.2) is 0 Å². The molecule has 0 saturated carbocycles. The summed E-state index contributed by atoms with van der Waals surface area (Å²) in [7, 11) is 0. The van der Waals surface area contributed by atoms with E-state index in [1.54, 1.807) is 6.07 Å². The van der Waals surface area contributed by atoms with Crippen LogP contribution in [-0.2, 0) is 19.0 Å². The number of halogens is 3. The molecular weight excluding hydrogens is 477 g/mol. The van der Waals surface area contributed by atoms with E-state index in [9.17, 15) is 13.2 Å². The smallest absolute Gasteiger partial charge is 0.166 e. The SMILES string of the molecule is CCCCCCc1ccc(C#Cc2ccc(C#Cc3ccc(CCCCCC)cc3)c(C(F)(F)F)c2)cc1. The van der Waals surface area contributed by atoms with Gasteiger partial charge in [-0.25, -0.2) is 0 Å². The van der Waals surface area contributed by atoms with Crippen molar-refractivity contribution in [3.8, 4) is 23.7 Å². The second-order valence-electron chi connectivity index (χ2n) is 9.77. The fraction of sp³-hybridized carbons (Fsp3) is 0.371. The summed E-state index contributed by atoms with van der Waals surface area (Å²) >= 11 is 0. The number of aryl methyl sites for hydroxylation is 2. The predicted octanol–water partition coefficient (Wildman–Crippen LogP) is 9.75. The molecule has 38 heavy (non-hydrogen) atoms. The molecule has 0 spiro atoms. The first kappa shape index (κ1) is 29.1. The van der Waals surface area contributed by atoms with E-state index in [1.165, 1.54) is 62.1 Å². The molecule has 0 aliphatic rings. The van der Waals surface area contributed by atoms with Crippen LogP contribution < -0.4 is 0 Å². The third kappa shape index (κ3) is 9.79. The van der Waals surface area contributed by atoms with Crippen molar-refractivity contribution < 1.29 is 13.2 Å². The van der Waals surface area contributed by atoms with E-state index >= 15 is 0 Å². The number of alkyl halides is 3. The predicted molar refractivity (Wildman–Crippen MR) is 152 cm³/mol. The topological polar surface area (TPSA) is 0 Å². The average molecular weight is 515 g/mol. The zero-order valence-electron chi connectivity index (χ0n) is 22.6. The van der Waals surface area contributed by atoms with E-state index in [0.29, 0.717) is 11.1 Å². The Morgan fingerprint density at radius 1 is 0.526 bits per heavy atom. The summed E-state index contributed by atoms with van der Waals surface area (Å²) in [6, 6.07) is 19.9. The lowest BCUT2D eigenvalue weighted by Gasteiger charge is -2.09. The van der Waals surface area contributed by atoms with E-state index in [-0.39, 0.29) is 5.56 Å². The van der Waals surface area contributed by atoms with Crippen LogP contribution in [0.5, 0.6) is 0 Å². The van der Waals surface area contributed by atoms with Gasteiger partial charge >= 0.3 is 6.18 Å². The first-order valence-electron chi connectivity index (χ1n) is 13.8. The molecule has 3 heteroatoms. The molecule has 0 aromatic heterocycles. The normalized spacial score (nSPS) is 10.9. The third-order valence-corrected chi connectivity index (χ3v) is 6.56. The van der Waals surface area contributed by atoms with Crippen LogP contribution in [0.2, 0.25) is 0 Å². The Morgan fingerprint density at radius 3 is 1.45 bits per heavy atom. The van der Waals surface area contributed by atoms with Gasteiger partial charge in [0.1, 0.15) is 0 Å². The molecule has 0 fully saturated rings. The number of unbranched alkanes of at least 4 members (excludes halogenated alkanes) is 6. The maximum Gasteiger partial charge on any atom is 0.417 e. The van der Waals surface area contributed by atoms with Crippen molar-refractivity contribution in [2.75, 3.05) is 0 Å². The summed E-state index contributed by atoms with van der Waals surface area (Å²) < 4.78 is 41.5. The Kier molecular flexibility index (Phi) is 11.6. The molecule has 0 radical (unpaired) electrons. The Bertz CT molecular complexity index is 1260. The summed E-state index contributed by atoms with van der Waals surface area (Å²) in [4.78, 5) is 0. The maximum atomic E-state index is 13.8. The highest BCUT2D eigenvalue weighted by Crippen LogP contribution is 2.32. The van der Waals surface area contributed by atoms with Gasteiger partial charge in [-0.05, 0) is 79.3 Å². The molecule has 0 bridgehead atoms. The molecule has 0 amide bonds. The van der Waals surface area contributed by atoms with Gasteiger partial charge in [-0.15, -0.1) is 0 Å². The lowest BCUT2D eigenvalue weighted by molar-refractivity contribution is -0.137. The minimum Gasteiger partial charge on any atom is -0.166 e. The van der Waals surface area contributed by atoms with Gasteiger partial charge in [0.25, 0.3) is 0 Å². The van der Waals surface area contributed by atoms with Crippen molar-refractivity contribution in [3.05, 3.63) is 106 Å². The van der Waals surface area contributed by atoms with Crippen molar-refractivity contribution in [2.24, 2.45) is 0 Å². The third-order valence-electron chi connectivity index (χ3n) is 6.56. The van der Waals surface area contributed by atoms with Crippen LogP contribution in [0.1, 0.15) is 104 Å². The first-order chi connectivity index (χ1) is 18.4. The van der Waals surface area contributed by atoms with Gasteiger partial charge in [0.15, 0.2) is 0 Å². The van der Waals surface area contributed by atoms with Crippen molar-refractivity contribution in [3.63, 3.8) is 0 Å². The molecule has 0 N–H and O–H groups in total. The number of hydrogen-bond donors (Lipinski definition) is 0. The van der Waals surface area contributed by atoms with Crippen molar-refractivity contribution in [1.82, 2.24) is 0 Å². The Labute approximate surface area is 226 Å². The zero-order chi connectivity index (χ0) is 27.2. The maximum absolute atomic E-state index is 13.8. The summed E-state index contributed by atoms with van der Waals surface area (Å²) in [5.41, 5.74) is 3.49. The van der Waals surface area contributed by atoms with Crippen LogP contribution in [0, 0.1) is 23.7 Å². The Morgan fingerprint density at radius 2 is 0.974 bits per heavy atom. The lowest BCUT2D eigenvalue weighted by Crippen LogP contribution is -2.08. The van der Waals surface area contributed by atoms with Gasteiger partial charge in [-0.2, -0.15) is 13.2 Å². The van der Waals surface area contributed by atoms with E-state index in [1.807, 2.05) is 36.4 Å². The Balaban J connectivity index is 1.70. The molecule has 0 saturated heterocycles. The molecule has 3 aromatic rings. The fourth-order valence-corrected chi connectivity index (χ4v) is 4.27. The molecule has 0 aliphatic heterocycles. The number of rotatable bonds is 10. The summed E-state index contributed by atoms with van der Waals surface area (Å²) in [5, 5.41) is 0. The largest absolute Gasteiger partial charge is 0.417 e. The molecule has 3 aromatic carbocycles. The Hall–Kier alpha value is -3.43. The summed E-state index contributed by atoms with van der Waals surface area (Å²) in [5.74, 6) is 11.5. The highest BCUT2D eigenvalue weighted by atomic mass is 19.4. The van der Waals surface area contributed by atoms with E-state index in [0.717, 1.165) is 30.9 Å². The minimum atomic E-state index is -4.51.